The number of aromatic nitrogens is 1. The van der Waals surface area contributed by atoms with Crippen molar-refractivity contribution in [3.8, 4) is 0 Å². The number of hydrogen-bond donors (Lipinski definition) is 0. The second kappa shape index (κ2) is 10.3. The molecule has 1 nitrogen and oxygen atoms in total. The van der Waals surface area contributed by atoms with Gasteiger partial charge in [0.1, 0.15) is 0 Å². The van der Waals surface area contributed by atoms with Crippen molar-refractivity contribution in [2.75, 3.05) is 5.75 Å². The molecule has 1 heterocycles. The largest absolute Gasteiger partial charge is 1.00 e. The van der Waals surface area contributed by atoms with Crippen molar-refractivity contribution in [3.63, 3.8) is 0 Å². The first-order valence-corrected chi connectivity index (χ1v) is 9.09. The molecule has 0 radical (unpaired) electrons. The van der Waals surface area contributed by atoms with Crippen molar-refractivity contribution in [3.05, 3.63) is 96.2 Å². The highest BCUT2D eigenvalue weighted by Gasteiger charge is 2.10. The molecular formula is C21H22BrNS. The van der Waals surface area contributed by atoms with Gasteiger partial charge in [-0.15, -0.1) is 0 Å². The van der Waals surface area contributed by atoms with Crippen LogP contribution in [0.5, 0.6) is 0 Å². The SMILES string of the molecule is [Br-].c1ccc(CCSc2cccc[n+]2CCc2ccccc2)cc1. The number of nitrogens with zero attached hydrogens (tertiary/aromatic N) is 1. The minimum Gasteiger partial charge on any atom is -1.00 e. The molecule has 0 aliphatic carbocycles. The smallest absolute Gasteiger partial charge is 0.240 e. The molecule has 0 spiro atoms. The lowest BCUT2D eigenvalue weighted by molar-refractivity contribution is -0.732. The predicted octanol–water partition coefficient (Wildman–Crippen LogP) is 1.56. The molecule has 2 aromatic carbocycles. The van der Waals surface area contributed by atoms with Crippen molar-refractivity contribution in [2.45, 2.75) is 24.4 Å². The normalized spacial score (nSPS) is 10.2. The van der Waals surface area contributed by atoms with Crippen molar-refractivity contribution in [1.29, 1.82) is 0 Å². The predicted molar refractivity (Wildman–Crippen MR) is 97.7 cm³/mol. The number of pyridine rings is 1. The molecule has 0 unspecified atom stereocenters. The molecule has 0 N–H and O–H groups in total. The zero-order valence-corrected chi connectivity index (χ0v) is 16.0. The number of rotatable bonds is 7. The zero-order chi connectivity index (χ0) is 15.7. The van der Waals surface area contributed by atoms with E-state index in [2.05, 4.69) is 89.6 Å². The summed E-state index contributed by atoms with van der Waals surface area (Å²) in [7, 11) is 0. The van der Waals surface area contributed by atoms with Crippen molar-refractivity contribution in [1.82, 2.24) is 0 Å². The summed E-state index contributed by atoms with van der Waals surface area (Å²) >= 11 is 1.94. The van der Waals surface area contributed by atoms with Gasteiger partial charge in [0, 0.05) is 24.3 Å². The van der Waals surface area contributed by atoms with E-state index in [0.717, 1.165) is 25.1 Å². The lowest BCUT2D eigenvalue weighted by atomic mass is 10.1. The van der Waals surface area contributed by atoms with Crippen LogP contribution in [0.3, 0.4) is 0 Å². The van der Waals surface area contributed by atoms with Crippen LogP contribution in [0, 0.1) is 0 Å². The highest BCUT2D eigenvalue weighted by Crippen LogP contribution is 2.15. The van der Waals surface area contributed by atoms with Gasteiger partial charge in [0.2, 0.25) is 5.03 Å². The summed E-state index contributed by atoms with van der Waals surface area (Å²) in [6, 6.07) is 27.9. The summed E-state index contributed by atoms with van der Waals surface area (Å²) in [5, 5.41) is 1.35. The minimum atomic E-state index is 0. The molecule has 0 amide bonds. The number of aryl methyl sites for hydroxylation is 3. The molecule has 24 heavy (non-hydrogen) atoms. The minimum absolute atomic E-state index is 0. The molecule has 0 aliphatic rings. The van der Waals surface area contributed by atoms with Crippen molar-refractivity contribution >= 4 is 11.8 Å². The Morgan fingerprint density at radius 2 is 1.25 bits per heavy atom. The molecule has 1 aromatic heterocycles. The molecular weight excluding hydrogens is 378 g/mol. The summed E-state index contributed by atoms with van der Waals surface area (Å²) in [6.07, 6.45) is 4.37. The number of thioether (sulfide) groups is 1. The van der Waals surface area contributed by atoms with Crippen LogP contribution in [0.15, 0.2) is 90.1 Å². The van der Waals surface area contributed by atoms with Crippen molar-refractivity contribution < 1.29 is 21.5 Å². The lowest BCUT2D eigenvalue weighted by Crippen LogP contribution is -3.00. The van der Waals surface area contributed by atoms with E-state index in [1.165, 1.54) is 16.2 Å². The maximum atomic E-state index is 2.36. The Labute approximate surface area is 159 Å². The maximum absolute atomic E-state index is 2.36. The molecule has 3 aromatic rings. The molecule has 0 saturated heterocycles. The summed E-state index contributed by atoms with van der Waals surface area (Å²) in [6.45, 7) is 1.03. The van der Waals surface area contributed by atoms with Crippen molar-refractivity contribution in [2.24, 2.45) is 0 Å². The van der Waals surface area contributed by atoms with E-state index in [9.17, 15) is 0 Å². The third-order valence-corrected chi connectivity index (χ3v) is 4.94. The first kappa shape index (κ1) is 18.8. The average Bonchev–Trinajstić information content (AvgIpc) is 2.63. The van der Waals surface area contributed by atoms with Gasteiger partial charge in [-0.1, -0.05) is 72.4 Å². The summed E-state index contributed by atoms with van der Waals surface area (Å²) in [5.74, 6) is 1.11. The van der Waals surface area contributed by atoms with Gasteiger partial charge >= 0.3 is 0 Å². The molecule has 0 bridgehead atoms. The van der Waals surface area contributed by atoms with Gasteiger partial charge < -0.3 is 17.0 Å². The Morgan fingerprint density at radius 1 is 0.667 bits per heavy atom. The van der Waals surface area contributed by atoms with Crippen LogP contribution in [0.1, 0.15) is 11.1 Å². The van der Waals surface area contributed by atoms with Crippen LogP contribution < -0.4 is 21.5 Å². The topological polar surface area (TPSA) is 3.88 Å². The third kappa shape index (κ3) is 5.81. The third-order valence-electron chi connectivity index (χ3n) is 3.87. The molecule has 0 aliphatic heterocycles. The molecule has 3 rings (SSSR count). The van der Waals surface area contributed by atoms with Crippen LogP contribution in [0.4, 0.5) is 0 Å². The summed E-state index contributed by atoms with van der Waals surface area (Å²) in [4.78, 5) is 0. The van der Waals surface area contributed by atoms with E-state index in [4.69, 9.17) is 0 Å². The first-order valence-electron chi connectivity index (χ1n) is 8.11. The second-order valence-corrected chi connectivity index (χ2v) is 6.67. The van der Waals surface area contributed by atoms with Gasteiger partial charge in [0.25, 0.3) is 0 Å². The molecule has 0 saturated carbocycles. The zero-order valence-electron chi connectivity index (χ0n) is 13.6. The number of benzene rings is 2. The standard InChI is InChI=1S/C21H22NS.BrH/c1-3-9-19(10-4-1)14-17-22-16-8-7-13-21(22)23-18-15-20-11-5-2-6-12-20;/h1-13,16H,14-15,17-18H2;1H/q+1;/p-1. The van der Waals surface area contributed by atoms with E-state index in [-0.39, 0.29) is 17.0 Å². The van der Waals surface area contributed by atoms with Gasteiger partial charge in [0.05, 0.1) is 0 Å². The maximum Gasteiger partial charge on any atom is 0.240 e. The Bertz CT molecular complexity index is 716. The monoisotopic (exact) mass is 399 g/mol. The van der Waals surface area contributed by atoms with Crippen LogP contribution in [-0.2, 0) is 19.4 Å². The van der Waals surface area contributed by atoms with Gasteiger partial charge in [-0.2, -0.15) is 4.57 Å². The highest BCUT2D eigenvalue weighted by atomic mass is 79.9. The molecule has 3 heteroatoms. The highest BCUT2D eigenvalue weighted by molar-refractivity contribution is 7.99. The second-order valence-electron chi connectivity index (χ2n) is 5.55. The van der Waals surface area contributed by atoms with Gasteiger partial charge in [-0.05, 0) is 23.6 Å². The number of hydrogen-bond acceptors (Lipinski definition) is 1. The fourth-order valence-electron chi connectivity index (χ4n) is 2.59. The van der Waals surface area contributed by atoms with Crippen LogP contribution >= 0.6 is 11.8 Å². The van der Waals surface area contributed by atoms with E-state index < -0.39 is 0 Å². The first-order chi connectivity index (χ1) is 11.4. The van der Waals surface area contributed by atoms with Crippen LogP contribution in [0.25, 0.3) is 0 Å². The average molecular weight is 400 g/mol. The number of halogens is 1. The Hall–Kier alpha value is -1.58. The van der Waals surface area contributed by atoms with Crippen LogP contribution in [0.2, 0.25) is 0 Å². The Kier molecular flexibility index (Phi) is 8.06. The molecule has 0 fully saturated rings. The molecule has 124 valence electrons. The fraction of sp³-hybridized carbons (Fsp3) is 0.190. The van der Waals surface area contributed by atoms with E-state index in [0.29, 0.717) is 0 Å². The van der Waals surface area contributed by atoms with Gasteiger partial charge in [-0.25, -0.2) is 0 Å². The van der Waals surface area contributed by atoms with E-state index >= 15 is 0 Å². The molecule has 0 atom stereocenters. The Balaban J connectivity index is 0.00000208. The van der Waals surface area contributed by atoms with E-state index in [1.54, 1.807) is 0 Å². The summed E-state index contributed by atoms with van der Waals surface area (Å²) < 4.78 is 2.36. The quantitative estimate of drug-likeness (QED) is 0.430. The van der Waals surface area contributed by atoms with Gasteiger partial charge in [0.15, 0.2) is 12.7 Å². The van der Waals surface area contributed by atoms with Gasteiger partial charge in [-0.3, -0.25) is 0 Å². The van der Waals surface area contributed by atoms with Crippen LogP contribution in [-0.4, -0.2) is 5.75 Å². The Morgan fingerprint density at radius 3 is 1.92 bits per heavy atom. The summed E-state index contributed by atoms with van der Waals surface area (Å²) in [5.41, 5.74) is 2.80. The van der Waals surface area contributed by atoms with E-state index in [1.807, 2.05) is 11.8 Å². The lowest BCUT2D eigenvalue weighted by Gasteiger charge is -2.04. The fourth-order valence-corrected chi connectivity index (χ4v) is 3.63.